The van der Waals surface area contributed by atoms with Crippen molar-refractivity contribution in [2.75, 3.05) is 11.9 Å². The highest BCUT2D eigenvalue weighted by molar-refractivity contribution is 6.35. The molecule has 0 aliphatic carbocycles. The number of benzene rings is 2. The molecule has 0 heterocycles. The molecule has 9 heteroatoms. The molecular weight excluding hydrogens is 379 g/mol. The fraction of sp³-hybridized carbons (Fsp3) is 0.125. The van der Waals surface area contributed by atoms with Gasteiger partial charge in [0.1, 0.15) is 5.75 Å². The Morgan fingerprint density at radius 2 is 1.72 bits per heavy atom. The second-order valence-corrected chi connectivity index (χ2v) is 5.53. The zero-order chi connectivity index (χ0) is 18.4. The minimum absolute atomic E-state index is 0.0228. The first-order chi connectivity index (χ1) is 11.8. The summed E-state index contributed by atoms with van der Waals surface area (Å²) in [4.78, 5) is 23.7. The predicted molar refractivity (Wildman–Crippen MR) is 88.4 cm³/mol. The van der Waals surface area contributed by atoms with Crippen LogP contribution >= 0.6 is 23.2 Å². The first-order valence-electron chi connectivity index (χ1n) is 6.82. The summed E-state index contributed by atoms with van der Waals surface area (Å²) >= 11 is 11.6. The summed E-state index contributed by atoms with van der Waals surface area (Å²) in [6.45, 7) is -3.67. The molecule has 2 aromatic carbocycles. The average molecular weight is 390 g/mol. The van der Waals surface area contributed by atoms with Crippen molar-refractivity contribution in [2.45, 2.75) is 6.61 Å². The van der Waals surface area contributed by atoms with E-state index in [0.29, 0.717) is 0 Å². The van der Waals surface area contributed by atoms with Gasteiger partial charge in [-0.15, -0.1) is 0 Å². The largest absolute Gasteiger partial charge is 0.452 e. The van der Waals surface area contributed by atoms with Gasteiger partial charge in [-0.3, -0.25) is 4.79 Å². The van der Waals surface area contributed by atoms with E-state index in [1.807, 2.05) is 0 Å². The lowest BCUT2D eigenvalue weighted by Crippen LogP contribution is -2.21. The minimum Gasteiger partial charge on any atom is -0.452 e. The minimum atomic E-state index is -3.04. The Balaban J connectivity index is 1.96. The number of amides is 1. The van der Waals surface area contributed by atoms with Crippen LogP contribution in [0.1, 0.15) is 10.4 Å². The quantitative estimate of drug-likeness (QED) is 0.744. The lowest BCUT2D eigenvalue weighted by Gasteiger charge is -2.11. The van der Waals surface area contributed by atoms with Crippen LogP contribution < -0.4 is 10.1 Å². The first kappa shape index (κ1) is 19.0. The Labute approximate surface area is 151 Å². The fourth-order valence-corrected chi connectivity index (χ4v) is 2.37. The van der Waals surface area contributed by atoms with Crippen molar-refractivity contribution >= 4 is 40.8 Å². The van der Waals surface area contributed by atoms with Crippen molar-refractivity contribution in [1.29, 1.82) is 0 Å². The van der Waals surface area contributed by atoms with Crippen LogP contribution in [0.2, 0.25) is 10.0 Å². The number of para-hydroxylation sites is 2. The van der Waals surface area contributed by atoms with Crippen molar-refractivity contribution in [3.8, 4) is 5.75 Å². The molecule has 0 aliphatic heterocycles. The maximum Gasteiger partial charge on any atom is 0.387 e. The topological polar surface area (TPSA) is 64.6 Å². The van der Waals surface area contributed by atoms with Crippen LogP contribution in [0.3, 0.4) is 0 Å². The summed E-state index contributed by atoms with van der Waals surface area (Å²) in [6.07, 6.45) is 0. The molecule has 1 amide bonds. The van der Waals surface area contributed by atoms with Gasteiger partial charge in [0, 0.05) is 10.0 Å². The number of anilines is 1. The second kappa shape index (κ2) is 8.64. The van der Waals surface area contributed by atoms with Crippen molar-refractivity contribution in [3.63, 3.8) is 0 Å². The molecule has 0 bridgehead atoms. The molecule has 0 fully saturated rings. The number of esters is 1. The molecule has 132 valence electrons. The zero-order valence-corrected chi connectivity index (χ0v) is 14.0. The number of rotatable bonds is 6. The summed E-state index contributed by atoms with van der Waals surface area (Å²) < 4.78 is 33.8. The third kappa shape index (κ3) is 5.88. The van der Waals surface area contributed by atoms with Gasteiger partial charge in [-0.1, -0.05) is 35.3 Å². The molecular formula is C16H11Cl2F2NO4. The van der Waals surface area contributed by atoms with Crippen LogP contribution in [-0.4, -0.2) is 25.1 Å². The molecule has 0 saturated heterocycles. The highest BCUT2D eigenvalue weighted by atomic mass is 35.5. The smallest absolute Gasteiger partial charge is 0.387 e. The number of carbonyl (C=O) groups excluding carboxylic acids is 2. The number of hydrogen-bond acceptors (Lipinski definition) is 4. The molecule has 25 heavy (non-hydrogen) atoms. The number of hydrogen-bond donors (Lipinski definition) is 1. The van der Waals surface area contributed by atoms with E-state index in [1.54, 1.807) is 0 Å². The van der Waals surface area contributed by atoms with E-state index in [2.05, 4.69) is 10.1 Å². The molecule has 0 spiro atoms. The van der Waals surface area contributed by atoms with Crippen LogP contribution in [-0.2, 0) is 9.53 Å². The van der Waals surface area contributed by atoms with Gasteiger partial charge in [0.25, 0.3) is 5.91 Å². The molecule has 0 radical (unpaired) electrons. The van der Waals surface area contributed by atoms with Gasteiger partial charge in [0.2, 0.25) is 0 Å². The number of carbonyl (C=O) groups is 2. The van der Waals surface area contributed by atoms with E-state index in [4.69, 9.17) is 27.9 Å². The Kier molecular flexibility index (Phi) is 6.55. The second-order valence-electron chi connectivity index (χ2n) is 4.66. The van der Waals surface area contributed by atoms with Crippen molar-refractivity contribution in [3.05, 3.63) is 58.1 Å². The molecule has 0 aromatic heterocycles. The highest BCUT2D eigenvalue weighted by Crippen LogP contribution is 2.25. The van der Waals surface area contributed by atoms with E-state index in [1.165, 1.54) is 42.5 Å². The van der Waals surface area contributed by atoms with E-state index in [0.717, 1.165) is 0 Å². The van der Waals surface area contributed by atoms with Gasteiger partial charge in [-0.05, 0) is 30.3 Å². The van der Waals surface area contributed by atoms with Gasteiger partial charge < -0.3 is 14.8 Å². The monoisotopic (exact) mass is 389 g/mol. The maximum absolute atomic E-state index is 12.3. The molecule has 2 rings (SSSR count). The van der Waals surface area contributed by atoms with Crippen molar-refractivity contribution < 1.29 is 27.8 Å². The van der Waals surface area contributed by atoms with Crippen molar-refractivity contribution in [1.82, 2.24) is 0 Å². The van der Waals surface area contributed by atoms with Gasteiger partial charge in [0.05, 0.1) is 11.3 Å². The normalized spacial score (nSPS) is 10.4. The Morgan fingerprint density at radius 1 is 1.08 bits per heavy atom. The van der Waals surface area contributed by atoms with Crippen LogP contribution in [0, 0.1) is 0 Å². The molecule has 0 unspecified atom stereocenters. The standard InChI is InChI=1S/C16H11Cl2F2NO4/c17-10-5-9(6-11(18)7-10)15(23)24-8-14(22)21-12-3-1-2-4-13(12)25-16(19)20/h1-7,16H,8H2,(H,21,22). The molecule has 2 aromatic rings. The molecule has 0 aliphatic rings. The summed E-state index contributed by atoms with van der Waals surface area (Å²) in [6, 6.07) is 9.73. The van der Waals surface area contributed by atoms with Gasteiger partial charge in [-0.2, -0.15) is 8.78 Å². The van der Waals surface area contributed by atoms with E-state index in [9.17, 15) is 18.4 Å². The van der Waals surface area contributed by atoms with Crippen LogP contribution in [0.4, 0.5) is 14.5 Å². The van der Waals surface area contributed by atoms with Gasteiger partial charge in [-0.25, -0.2) is 4.79 Å². The number of halogens is 4. The SMILES string of the molecule is O=C(COC(=O)c1cc(Cl)cc(Cl)c1)Nc1ccccc1OC(F)F. The summed E-state index contributed by atoms with van der Waals surface area (Å²) in [7, 11) is 0. The van der Waals surface area contributed by atoms with Crippen LogP contribution in [0.25, 0.3) is 0 Å². The Bertz CT molecular complexity index is 766. The summed E-state index contributed by atoms with van der Waals surface area (Å²) in [5.41, 5.74) is 0.0985. The lowest BCUT2D eigenvalue weighted by atomic mass is 10.2. The Morgan fingerprint density at radius 3 is 2.36 bits per heavy atom. The van der Waals surface area contributed by atoms with Crippen LogP contribution in [0.5, 0.6) is 5.75 Å². The molecule has 0 atom stereocenters. The Hall–Kier alpha value is -2.38. The van der Waals surface area contributed by atoms with E-state index >= 15 is 0 Å². The summed E-state index contributed by atoms with van der Waals surface area (Å²) in [5, 5.41) is 2.79. The first-order valence-corrected chi connectivity index (χ1v) is 7.57. The third-order valence-electron chi connectivity index (χ3n) is 2.81. The maximum atomic E-state index is 12.3. The number of alkyl halides is 2. The fourth-order valence-electron chi connectivity index (χ4n) is 1.84. The van der Waals surface area contributed by atoms with Gasteiger partial charge in [0.15, 0.2) is 6.61 Å². The zero-order valence-electron chi connectivity index (χ0n) is 12.5. The number of nitrogens with one attached hydrogen (secondary N) is 1. The highest BCUT2D eigenvalue weighted by Gasteiger charge is 2.14. The third-order valence-corrected chi connectivity index (χ3v) is 3.25. The van der Waals surface area contributed by atoms with Crippen molar-refractivity contribution in [2.24, 2.45) is 0 Å². The van der Waals surface area contributed by atoms with Gasteiger partial charge >= 0.3 is 12.6 Å². The lowest BCUT2D eigenvalue weighted by molar-refractivity contribution is -0.119. The van der Waals surface area contributed by atoms with Crippen LogP contribution in [0.15, 0.2) is 42.5 Å². The number of ether oxygens (including phenoxy) is 2. The molecule has 1 N–H and O–H groups in total. The predicted octanol–water partition coefficient (Wildman–Crippen LogP) is 4.39. The molecule has 0 saturated carbocycles. The summed E-state index contributed by atoms with van der Waals surface area (Å²) in [5.74, 6) is -1.75. The van der Waals surface area contributed by atoms with E-state index < -0.39 is 25.1 Å². The van der Waals surface area contributed by atoms with E-state index in [-0.39, 0.29) is 27.0 Å². The molecule has 5 nitrogen and oxygen atoms in total. The average Bonchev–Trinajstić information content (AvgIpc) is 2.53.